The molecular weight excluding hydrogens is 267 g/mol. The zero-order chi connectivity index (χ0) is 10.7. The molecule has 1 aromatic rings. The Kier molecular flexibility index (Phi) is 4.02. The lowest BCUT2D eigenvalue weighted by atomic mass is 10.4. The van der Waals surface area contributed by atoms with Gasteiger partial charge < -0.3 is 5.32 Å². The van der Waals surface area contributed by atoms with Crippen LogP contribution in [0.3, 0.4) is 0 Å². The molecule has 1 rings (SSSR count). The first kappa shape index (κ1) is 11.6. The molecule has 3 nitrogen and oxygen atoms in total. The van der Waals surface area contributed by atoms with Crippen molar-refractivity contribution in [2.75, 3.05) is 6.54 Å². The van der Waals surface area contributed by atoms with Crippen LogP contribution in [-0.4, -0.2) is 12.5 Å². The van der Waals surface area contributed by atoms with Gasteiger partial charge in [0.05, 0.1) is 16.1 Å². The minimum Gasteiger partial charge on any atom is -0.338 e. The second-order valence-electron chi connectivity index (χ2n) is 2.17. The van der Waals surface area contributed by atoms with E-state index in [0.717, 1.165) is 11.3 Å². The number of carbonyl (C=O) groups is 1. The van der Waals surface area contributed by atoms with Crippen molar-refractivity contribution in [3.63, 3.8) is 0 Å². The first-order valence-corrected chi connectivity index (χ1v) is 5.31. The van der Waals surface area contributed by atoms with Crippen molar-refractivity contribution in [2.24, 2.45) is 0 Å². The van der Waals surface area contributed by atoms with Crippen LogP contribution in [0.1, 0.15) is 9.67 Å². The van der Waals surface area contributed by atoms with Gasteiger partial charge >= 0.3 is 0 Å². The SMILES string of the molecule is N#CCNC(=O)c1sc(Cl)c(Cl)c1Cl. The van der Waals surface area contributed by atoms with Crippen molar-refractivity contribution in [3.05, 3.63) is 19.3 Å². The zero-order valence-electron chi connectivity index (χ0n) is 6.60. The van der Waals surface area contributed by atoms with Crippen molar-refractivity contribution in [1.82, 2.24) is 5.32 Å². The summed E-state index contributed by atoms with van der Waals surface area (Å²) in [5, 5.41) is 10.9. The molecule has 7 heteroatoms. The Morgan fingerprint density at radius 2 is 2.07 bits per heavy atom. The van der Waals surface area contributed by atoms with E-state index in [1.54, 1.807) is 6.07 Å². The Morgan fingerprint density at radius 3 is 2.50 bits per heavy atom. The van der Waals surface area contributed by atoms with E-state index in [9.17, 15) is 4.79 Å². The summed E-state index contributed by atoms with van der Waals surface area (Å²) in [5.74, 6) is -0.449. The number of hydrogen-bond acceptors (Lipinski definition) is 3. The number of rotatable bonds is 2. The van der Waals surface area contributed by atoms with Crippen LogP contribution in [0.2, 0.25) is 14.4 Å². The van der Waals surface area contributed by atoms with Crippen molar-refractivity contribution in [3.8, 4) is 6.07 Å². The Morgan fingerprint density at radius 1 is 1.43 bits per heavy atom. The molecule has 0 bridgehead atoms. The third-order valence-electron chi connectivity index (χ3n) is 1.29. The smallest absolute Gasteiger partial charge is 0.263 e. The summed E-state index contributed by atoms with van der Waals surface area (Å²) in [6.07, 6.45) is 0. The largest absolute Gasteiger partial charge is 0.338 e. The molecule has 0 atom stereocenters. The molecule has 0 spiro atoms. The third kappa shape index (κ3) is 2.31. The number of amides is 1. The Hall–Kier alpha value is -0.470. The van der Waals surface area contributed by atoms with Crippen LogP contribution < -0.4 is 5.32 Å². The molecule has 0 aromatic carbocycles. The molecule has 14 heavy (non-hydrogen) atoms. The fraction of sp³-hybridized carbons (Fsp3) is 0.143. The van der Waals surface area contributed by atoms with Crippen molar-refractivity contribution >= 4 is 52.0 Å². The van der Waals surface area contributed by atoms with E-state index in [4.69, 9.17) is 40.1 Å². The number of nitrogens with one attached hydrogen (secondary N) is 1. The fourth-order valence-electron chi connectivity index (χ4n) is 0.711. The molecule has 0 saturated heterocycles. The maximum absolute atomic E-state index is 11.3. The van der Waals surface area contributed by atoms with Gasteiger partial charge in [-0.3, -0.25) is 4.79 Å². The Balaban J connectivity index is 2.92. The molecule has 0 saturated carbocycles. The van der Waals surface area contributed by atoms with E-state index in [-0.39, 0.29) is 25.8 Å². The molecule has 1 N–H and O–H groups in total. The number of carbonyl (C=O) groups excluding carboxylic acids is 1. The summed E-state index contributed by atoms with van der Waals surface area (Å²) in [4.78, 5) is 11.6. The quantitative estimate of drug-likeness (QED) is 0.839. The number of hydrogen-bond donors (Lipinski definition) is 1. The van der Waals surface area contributed by atoms with Gasteiger partial charge in [-0.2, -0.15) is 5.26 Å². The Labute approximate surface area is 99.2 Å². The summed E-state index contributed by atoms with van der Waals surface area (Å²) >= 11 is 18.1. The van der Waals surface area contributed by atoms with Gasteiger partial charge in [-0.15, -0.1) is 11.3 Å². The van der Waals surface area contributed by atoms with E-state index in [1.807, 2.05) is 0 Å². The first-order valence-electron chi connectivity index (χ1n) is 3.36. The van der Waals surface area contributed by atoms with Crippen LogP contribution in [0, 0.1) is 11.3 Å². The van der Waals surface area contributed by atoms with Gasteiger partial charge in [-0.25, -0.2) is 0 Å². The molecule has 0 fully saturated rings. The number of nitrogens with zero attached hydrogens (tertiary/aromatic N) is 1. The van der Waals surface area contributed by atoms with Crippen molar-refractivity contribution in [2.45, 2.75) is 0 Å². The molecule has 1 heterocycles. The molecule has 0 radical (unpaired) electrons. The lowest BCUT2D eigenvalue weighted by Gasteiger charge is -1.96. The number of nitriles is 1. The summed E-state index contributed by atoms with van der Waals surface area (Å²) in [6.45, 7) is -0.0811. The van der Waals surface area contributed by atoms with Crippen molar-refractivity contribution in [1.29, 1.82) is 5.26 Å². The average Bonchev–Trinajstić information content (AvgIpc) is 2.42. The summed E-state index contributed by atoms with van der Waals surface area (Å²) in [7, 11) is 0. The molecular formula is C7H3Cl3N2OS. The van der Waals surface area contributed by atoms with Gasteiger partial charge in [0.25, 0.3) is 5.91 Å². The minimum atomic E-state index is -0.449. The third-order valence-corrected chi connectivity index (χ3v) is 3.86. The summed E-state index contributed by atoms with van der Waals surface area (Å²) in [6, 6.07) is 1.77. The monoisotopic (exact) mass is 268 g/mol. The van der Waals surface area contributed by atoms with Gasteiger partial charge in [0.1, 0.15) is 15.8 Å². The molecule has 1 amide bonds. The molecule has 0 aliphatic carbocycles. The standard InChI is InChI=1S/C7H3Cl3N2OS/c8-3-4(9)6(10)14-5(3)7(13)12-2-1-11/h2H2,(H,12,13). The molecule has 0 aliphatic rings. The second-order valence-corrected chi connectivity index (χ2v) is 4.55. The lowest BCUT2D eigenvalue weighted by molar-refractivity contribution is 0.0962. The highest BCUT2D eigenvalue weighted by molar-refractivity contribution is 7.19. The van der Waals surface area contributed by atoms with Crippen LogP contribution in [0.5, 0.6) is 0 Å². The topological polar surface area (TPSA) is 52.9 Å². The van der Waals surface area contributed by atoms with Crippen LogP contribution in [0.4, 0.5) is 0 Å². The highest BCUT2D eigenvalue weighted by Crippen LogP contribution is 2.40. The first-order chi connectivity index (χ1) is 6.57. The van der Waals surface area contributed by atoms with Crippen LogP contribution in [-0.2, 0) is 0 Å². The van der Waals surface area contributed by atoms with E-state index in [1.165, 1.54) is 0 Å². The van der Waals surface area contributed by atoms with Gasteiger partial charge in [-0.1, -0.05) is 34.8 Å². The number of thiophene rings is 1. The van der Waals surface area contributed by atoms with Gasteiger partial charge in [-0.05, 0) is 0 Å². The fourth-order valence-corrected chi connectivity index (χ4v) is 2.43. The molecule has 74 valence electrons. The maximum Gasteiger partial charge on any atom is 0.263 e. The predicted octanol–water partition coefficient (Wildman–Crippen LogP) is 2.96. The van der Waals surface area contributed by atoms with Crippen LogP contribution in [0.25, 0.3) is 0 Å². The highest BCUT2D eigenvalue weighted by atomic mass is 35.5. The second kappa shape index (κ2) is 4.85. The van der Waals surface area contributed by atoms with Gasteiger partial charge in [0, 0.05) is 0 Å². The Bertz CT molecular complexity index is 410. The van der Waals surface area contributed by atoms with Crippen LogP contribution in [0.15, 0.2) is 0 Å². The van der Waals surface area contributed by atoms with E-state index >= 15 is 0 Å². The van der Waals surface area contributed by atoms with Crippen LogP contribution >= 0.6 is 46.1 Å². The summed E-state index contributed by atoms with van der Waals surface area (Å²) < 4.78 is 0.263. The number of halogens is 3. The van der Waals surface area contributed by atoms with Gasteiger partial charge in [0.2, 0.25) is 0 Å². The molecule has 0 unspecified atom stereocenters. The summed E-state index contributed by atoms with van der Waals surface area (Å²) in [5.41, 5.74) is 0. The maximum atomic E-state index is 11.3. The van der Waals surface area contributed by atoms with E-state index in [0.29, 0.717) is 0 Å². The predicted molar refractivity (Wildman–Crippen MR) is 57.3 cm³/mol. The minimum absolute atomic E-state index is 0.0811. The molecule has 0 aliphatic heterocycles. The molecule has 1 aromatic heterocycles. The zero-order valence-corrected chi connectivity index (χ0v) is 9.69. The highest BCUT2D eigenvalue weighted by Gasteiger charge is 2.19. The normalized spacial score (nSPS) is 9.57. The van der Waals surface area contributed by atoms with E-state index in [2.05, 4.69) is 5.32 Å². The van der Waals surface area contributed by atoms with Gasteiger partial charge in [0.15, 0.2) is 0 Å². The lowest BCUT2D eigenvalue weighted by Crippen LogP contribution is -2.22. The average molecular weight is 270 g/mol. The van der Waals surface area contributed by atoms with E-state index < -0.39 is 5.91 Å². The van der Waals surface area contributed by atoms with Crippen molar-refractivity contribution < 1.29 is 4.79 Å².